The number of carbonyl (C=O) groups excluding carboxylic acids is 1. The first-order chi connectivity index (χ1) is 7.61. The monoisotopic (exact) mass is 246 g/mol. The summed E-state index contributed by atoms with van der Waals surface area (Å²) in [4.78, 5) is 20.6. The van der Waals surface area contributed by atoms with Crippen LogP contribution in [0.4, 0.5) is 0 Å². The van der Waals surface area contributed by atoms with Gasteiger partial charge in [0, 0.05) is 5.92 Å². The minimum absolute atomic E-state index is 0.0185. The van der Waals surface area contributed by atoms with Gasteiger partial charge in [0.2, 0.25) is 5.24 Å². The zero-order valence-corrected chi connectivity index (χ0v) is 10.2. The molecule has 4 heteroatoms. The molecule has 0 aromatic heterocycles. The maximum Gasteiger partial charge on any atom is 0.306 e. The van der Waals surface area contributed by atoms with Crippen LogP contribution < -0.4 is 0 Å². The second-order valence-electron chi connectivity index (χ2n) is 4.61. The van der Waals surface area contributed by atoms with Gasteiger partial charge in [-0.05, 0) is 37.3 Å². The van der Waals surface area contributed by atoms with Gasteiger partial charge >= 0.3 is 5.97 Å². The van der Waals surface area contributed by atoms with E-state index >= 15 is 0 Å². The van der Waals surface area contributed by atoms with E-state index < -0.39 is 5.97 Å². The zero-order chi connectivity index (χ0) is 12.0. The lowest BCUT2D eigenvalue weighted by atomic mass is 10.1. The molecule has 1 N–H and O–H groups in total. The van der Waals surface area contributed by atoms with Crippen LogP contribution in [-0.4, -0.2) is 16.3 Å². The number of halogens is 1. The van der Waals surface area contributed by atoms with Gasteiger partial charge in [-0.3, -0.25) is 9.59 Å². The number of aliphatic carboxylic acids is 1. The van der Waals surface area contributed by atoms with Crippen LogP contribution >= 0.6 is 11.6 Å². The van der Waals surface area contributed by atoms with Gasteiger partial charge in [-0.25, -0.2) is 0 Å². The summed E-state index contributed by atoms with van der Waals surface area (Å²) in [7, 11) is 0. The highest BCUT2D eigenvalue weighted by molar-refractivity contribution is 6.64. The van der Waals surface area contributed by atoms with Gasteiger partial charge in [0.25, 0.3) is 0 Å². The van der Waals surface area contributed by atoms with Crippen molar-refractivity contribution in [3.8, 4) is 0 Å². The summed E-state index contributed by atoms with van der Waals surface area (Å²) < 4.78 is 0. The molecular formula is C12H19ClO3. The fourth-order valence-electron chi connectivity index (χ4n) is 2.33. The van der Waals surface area contributed by atoms with E-state index in [2.05, 4.69) is 0 Å². The Morgan fingerprint density at radius 3 is 1.44 bits per heavy atom. The van der Waals surface area contributed by atoms with Crippen molar-refractivity contribution in [3.05, 3.63) is 0 Å². The van der Waals surface area contributed by atoms with E-state index in [1.54, 1.807) is 0 Å². The van der Waals surface area contributed by atoms with Gasteiger partial charge in [-0.1, -0.05) is 25.7 Å². The third-order valence-corrected chi connectivity index (χ3v) is 3.69. The number of carboxylic acid groups (broad SMARTS) is 1. The first kappa shape index (κ1) is 13.5. The first-order valence-corrected chi connectivity index (χ1v) is 6.41. The topological polar surface area (TPSA) is 54.4 Å². The molecule has 0 radical (unpaired) electrons. The number of rotatable bonds is 2. The van der Waals surface area contributed by atoms with Gasteiger partial charge in [0.05, 0.1) is 5.92 Å². The summed E-state index contributed by atoms with van der Waals surface area (Å²) in [5.41, 5.74) is 0. The Labute approximate surface area is 101 Å². The molecule has 0 spiro atoms. The van der Waals surface area contributed by atoms with E-state index in [4.69, 9.17) is 16.7 Å². The molecule has 3 nitrogen and oxygen atoms in total. The number of carbonyl (C=O) groups is 2. The molecule has 0 aromatic rings. The normalized spacial score (nSPS) is 21.6. The maximum absolute atomic E-state index is 10.4. The fourth-order valence-corrected chi connectivity index (χ4v) is 2.54. The van der Waals surface area contributed by atoms with Crippen LogP contribution in [0.1, 0.15) is 51.4 Å². The molecule has 2 aliphatic carbocycles. The fraction of sp³-hybridized carbons (Fsp3) is 0.833. The SMILES string of the molecule is O=C(Cl)C1CCCC1.O=C(O)C1CCCC1. The standard InChI is InChI=1S/C6H9ClO.C6H10O2/c2*7-6(8)5-3-1-2-4-5/h5H,1-4H2;5H,1-4H2,(H,7,8). The Balaban J connectivity index is 0.000000160. The third kappa shape index (κ3) is 4.52. The van der Waals surface area contributed by atoms with Gasteiger partial charge < -0.3 is 5.11 Å². The van der Waals surface area contributed by atoms with E-state index in [0.29, 0.717) is 0 Å². The molecule has 0 heterocycles. The maximum atomic E-state index is 10.4. The number of hydrogen-bond donors (Lipinski definition) is 1. The molecule has 0 atom stereocenters. The Hall–Kier alpha value is -0.570. The average molecular weight is 247 g/mol. The molecule has 0 amide bonds. The van der Waals surface area contributed by atoms with Crippen LogP contribution in [-0.2, 0) is 9.59 Å². The molecule has 2 aliphatic rings. The van der Waals surface area contributed by atoms with Crippen molar-refractivity contribution < 1.29 is 14.7 Å². The van der Waals surface area contributed by atoms with Crippen LogP contribution in [0.5, 0.6) is 0 Å². The summed E-state index contributed by atoms with van der Waals surface area (Å²) >= 11 is 5.25. The van der Waals surface area contributed by atoms with Gasteiger partial charge in [-0.15, -0.1) is 0 Å². The number of carboxylic acids is 1. The third-order valence-electron chi connectivity index (χ3n) is 3.38. The summed E-state index contributed by atoms with van der Waals surface area (Å²) in [5.74, 6) is -0.436. The molecule has 0 aliphatic heterocycles. The summed E-state index contributed by atoms with van der Waals surface area (Å²) in [6, 6.07) is 0. The van der Waals surface area contributed by atoms with Crippen molar-refractivity contribution in [1.82, 2.24) is 0 Å². The zero-order valence-electron chi connectivity index (χ0n) is 9.45. The molecule has 2 rings (SSSR count). The first-order valence-electron chi connectivity index (χ1n) is 6.03. The van der Waals surface area contributed by atoms with Gasteiger partial charge in [0.15, 0.2) is 0 Å². The average Bonchev–Trinajstić information content (AvgIpc) is 2.93. The molecular weight excluding hydrogens is 228 g/mol. The van der Waals surface area contributed by atoms with Crippen molar-refractivity contribution >= 4 is 22.8 Å². The molecule has 0 bridgehead atoms. The van der Waals surface area contributed by atoms with E-state index in [0.717, 1.165) is 38.5 Å². The second-order valence-corrected chi connectivity index (χ2v) is 4.98. The van der Waals surface area contributed by atoms with Crippen molar-refractivity contribution in [2.75, 3.05) is 0 Å². The van der Waals surface area contributed by atoms with E-state index in [1.165, 1.54) is 12.8 Å². The lowest BCUT2D eigenvalue weighted by Gasteiger charge is -1.97. The smallest absolute Gasteiger partial charge is 0.306 e. The largest absolute Gasteiger partial charge is 0.481 e. The summed E-state index contributed by atoms with van der Waals surface area (Å²) in [6.45, 7) is 0. The molecule has 92 valence electrons. The van der Waals surface area contributed by atoms with Crippen LogP contribution in [0.15, 0.2) is 0 Å². The van der Waals surface area contributed by atoms with Crippen molar-refractivity contribution in [2.45, 2.75) is 51.4 Å². The minimum Gasteiger partial charge on any atom is -0.481 e. The summed E-state index contributed by atoms with van der Waals surface area (Å²) in [6.07, 6.45) is 8.41. The number of hydrogen-bond acceptors (Lipinski definition) is 2. The predicted molar refractivity (Wildman–Crippen MR) is 62.4 cm³/mol. The predicted octanol–water partition coefficient (Wildman–Crippen LogP) is 3.20. The van der Waals surface area contributed by atoms with Crippen LogP contribution in [0.25, 0.3) is 0 Å². The van der Waals surface area contributed by atoms with Gasteiger partial charge in [-0.2, -0.15) is 0 Å². The molecule has 0 aromatic carbocycles. The molecule has 2 saturated carbocycles. The lowest BCUT2D eigenvalue weighted by molar-refractivity contribution is -0.141. The van der Waals surface area contributed by atoms with Crippen LogP contribution in [0, 0.1) is 11.8 Å². The van der Waals surface area contributed by atoms with Gasteiger partial charge in [0.1, 0.15) is 0 Å². The molecule has 0 saturated heterocycles. The van der Waals surface area contributed by atoms with E-state index in [1.807, 2.05) is 0 Å². The molecule has 16 heavy (non-hydrogen) atoms. The minimum atomic E-state index is -0.609. The van der Waals surface area contributed by atoms with Crippen molar-refractivity contribution in [2.24, 2.45) is 11.8 Å². The van der Waals surface area contributed by atoms with Crippen molar-refractivity contribution in [3.63, 3.8) is 0 Å². The van der Waals surface area contributed by atoms with E-state index in [-0.39, 0.29) is 17.1 Å². The van der Waals surface area contributed by atoms with Crippen LogP contribution in [0.2, 0.25) is 0 Å². The second kappa shape index (κ2) is 6.89. The Morgan fingerprint density at radius 1 is 0.875 bits per heavy atom. The highest BCUT2D eigenvalue weighted by Gasteiger charge is 2.21. The quantitative estimate of drug-likeness (QED) is 0.762. The van der Waals surface area contributed by atoms with Crippen molar-refractivity contribution in [1.29, 1.82) is 0 Å². The Morgan fingerprint density at radius 2 is 1.25 bits per heavy atom. The Kier molecular flexibility index (Phi) is 5.81. The Bertz CT molecular complexity index is 215. The molecule has 2 fully saturated rings. The lowest BCUT2D eigenvalue weighted by Crippen LogP contribution is -2.07. The van der Waals surface area contributed by atoms with E-state index in [9.17, 15) is 9.59 Å². The van der Waals surface area contributed by atoms with Crippen LogP contribution in [0.3, 0.4) is 0 Å². The molecule has 0 unspecified atom stereocenters. The highest BCUT2D eigenvalue weighted by Crippen LogP contribution is 2.26. The highest BCUT2D eigenvalue weighted by atomic mass is 35.5. The summed E-state index contributed by atoms with van der Waals surface area (Å²) in [5, 5.41) is 8.28.